The Morgan fingerprint density at radius 3 is 2.05 bits per heavy atom. The predicted octanol–water partition coefficient (Wildman–Crippen LogP) is 10.1. The molecule has 1 heterocycles. The molecule has 1 fully saturated rings. The van der Waals surface area contributed by atoms with Gasteiger partial charge in [-0.2, -0.15) is 0 Å². The lowest BCUT2D eigenvalue weighted by Crippen LogP contribution is -2.21. The highest BCUT2D eigenvalue weighted by atomic mass is 19.2. The lowest BCUT2D eigenvalue weighted by atomic mass is 9.90. The molecule has 1 saturated heterocycles. The Morgan fingerprint density at radius 1 is 0.789 bits per heavy atom. The summed E-state index contributed by atoms with van der Waals surface area (Å²) in [5.41, 5.74) is 1.81. The Hall–Kier alpha value is -2.92. The lowest BCUT2D eigenvalue weighted by molar-refractivity contribution is -0.0210. The third kappa shape index (κ3) is 6.37. The molecule has 0 spiro atoms. The molecule has 0 aliphatic carbocycles. The zero-order chi connectivity index (χ0) is 27.1. The zero-order valence-corrected chi connectivity index (χ0v) is 22.0. The van der Waals surface area contributed by atoms with Crippen molar-refractivity contribution in [3.8, 4) is 22.3 Å². The number of rotatable bonds is 11. The number of ether oxygens (including phenoxy) is 1. The molecule has 1 nitrogen and oxygen atoms in total. The average Bonchev–Trinajstić information content (AvgIpc) is 2.94. The van der Waals surface area contributed by atoms with E-state index in [2.05, 4.69) is 13.5 Å². The second kappa shape index (κ2) is 13.2. The summed E-state index contributed by atoms with van der Waals surface area (Å²) in [5, 5.41) is 0. The van der Waals surface area contributed by atoms with Gasteiger partial charge >= 0.3 is 0 Å². The van der Waals surface area contributed by atoms with E-state index in [9.17, 15) is 8.78 Å². The van der Waals surface area contributed by atoms with E-state index in [1.165, 1.54) is 0 Å². The fourth-order valence-corrected chi connectivity index (χ4v) is 5.25. The van der Waals surface area contributed by atoms with Crippen molar-refractivity contribution >= 4 is 0 Å². The summed E-state index contributed by atoms with van der Waals surface area (Å²) in [6.45, 7) is 6.37. The molecule has 0 amide bonds. The number of unbranched alkanes of at least 4 members (excludes halogenated alkanes) is 3. The van der Waals surface area contributed by atoms with Gasteiger partial charge in [0.05, 0.1) is 12.7 Å². The van der Waals surface area contributed by atoms with Crippen molar-refractivity contribution in [2.24, 2.45) is 5.92 Å². The molecule has 1 aliphatic heterocycles. The summed E-state index contributed by atoms with van der Waals surface area (Å²) in [5.74, 6) is -3.12. The first-order valence-corrected chi connectivity index (χ1v) is 13.7. The minimum Gasteiger partial charge on any atom is -0.373 e. The Labute approximate surface area is 223 Å². The SMILES string of the molecule is C=CCCC1CCC(c2ccc(-c3ccc(-c4ccc(CCCCCC)c(F)c4F)cc3)c(F)c2F)OC1. The standard InChI is InChI=1S/C33H36F4O/c1-3-5-7-8-10-25-16-17-26(31(35)30(25)34)23-12-14-24(15-13-23)27-18-19-28(33(37)32(27)36)29-20-11-22(21-38-29)9-6-4-2/h4,12-19,22,29H,2-3,5-11,20-21H2,1H3. The van der Waals surface area contributed by atoms with Gasteiger partial charge in [-0.15, -0.1) is 6.58 Å². The van der Waals surface area contributed by atoms with E-state index in [0.717, 1.165) is 44.9 Å². The van der Waals surface area contributed by atoms with Crippen LogP contribution in [0.2, 0.25) is 0 Å². The van der Waals surface area contributed by atoms with E-state index in [1.54, 1.807) is 48.5 Å². The van der Waals surface area contributed by atoms with Gasteiger partial charge in [0.25, 0.3) is 0 Å². The quantitative estimate of drug-likeness (QED) is 0.138. The van der Waals surface area contributed by atoms with Gasteiger partial charge in [-0.1, -0.05) is 80.8 Å². The molecule has 0 radical (unpaired) electrons. The van der Waals surface area contributed by atoms with Crippen molar-refractivity contribution in [2.45, 2.75) is 70.8 Å². The van der Waals surface area contributed by atoms with Crippen LogP contribution in [0.3, 0.4) is 0 Å². The fraction of sp³-hybridized carbons (Fsp3) is 0.394. The van der Waals surface area contributed by atoms with Crippen LogP contribution in [0.15, 0.2) is 61.2 Å². The van der Waals surface area contributed by atoms with Gasteiger partial charge in [0.15, 0.2) is 23.3 Å². The van der Waals surface area contributed by atoms with Gasteiger partial charge in [-0.3, -0.25) is 0 Å². The number of allylic oxidation sites excluding steroid dienone is 1. The second-order valence-electron chi connectivity index (χ2n) is 10.2. The van der Waals surface area contributed by atoms with Crippen molar-refractivity contribution < 1.29 is 22.3 Å². The maximum absolute atomic E-state index is 15.1. The van der Waals surface area contributed by atoms with Crippen LogP contribution in [-0.4, -0.2) is 6.61 Å². The molecule has 4 rings (SSSR count). The van der Waals surface area contributed by atoms with Crippen LogP contribution in [0.25, 0.3) is 22.3 Å². The maximum Gasteiger partial charge on any atom is 0.167 e. The van der Waals surface area contributed by atoms with Crippen LogP contribution < -0.4 is 0 Å². The van der Waals surface area contributed by atoms with Gasteiger partial charge in [0, 0.05) is 16.7 Å². The molecule has 38 heavy (non-hydrogen) atoms. The molecular formula is C33H36F4O. The number of aryl methyl sites for hydroxylation is 1. The Morgan fingerprint density at radius 2 is 1.45 bits per heavy atom. The minimum atomic E-state index is -0.933. The molecule has 0 saturated carbocycles. The van der Waals surface area contributed by atoms with E-state index in [0.29, 0.717) is 42.1 Å². The van der Waals surface area contributed by atoms with Gasteiger partial charge in [0.1, 0.15) is 0 Å². The third-order valence-corrected chi connectivity index (χ3v) is 7.58. The molecule has 2 atom stereocenters. The number of benzene rings is 3. The first kappa shape index (κ1) is 28.1. The van der Waals surface area contributed by atoms with Gasteiger partial charge in [-0.05, 0) is 61.1 Å². The smallest absolute Gasteiger partial charge is 0.167 e. The number of hydrogen-bond donors (Lipinski definition) is 0. The highest BCUT2D eigenvalue weighted by Gasteiger charge is 2.27. The summed E-state index contributed by atoms with van der Waals surface area (Å²) < 4.78 is 65.6. The van der Waals surface area contributed by atoms with E-state index in [4.69, 9.17) is 4.74 Å². The Bertz CT molecular complexity index is 1230. The topological polar surface area (TPSA) is 9.23 Å². The highest BCUT2D eigenvalue weighted by molar-refractivity contribution is 5.71. The predicted molar refractivity (Wildman–Crippen MR) is 146 cm³/mol. The van der Waals surface area contributed by atoms with E-state index in [1.807, 2.05) is 6.08 Å². The van der Waals surface area contributed by atoms with Crippen LogP contribution in [0.1, 0.15) is 75.5 Å². The first-order chi connectivity index (χ1) is 18.4. The molecule has 3 aromatic carbocycles. The number of hydrogen-bond acceptors (Lipinski definition) is 1. The van der Waals surface area contributed by atoms with Gasteiger partial charge in [0.2, 0.25) is 0 Å². The second-order valence-corrected chi connectivity index (χ2v) is 10.2. The maximum atomic E-state index is 15.1. The average molecular weight is 525 g/mol. The molecule has 1 aliphatic rings. The van der Waals surface area contributed by atoms with E-state index in [-0.39, 0.29) is 16.7 Å². The Balaban J connectivity index is 1.48. The first-order valence-electron chi connectivity index (χ1n) is 13.7. The molecule has 0 bridgehead atoms. The van der Waals surface area contributed by atoms with Crippen LogP contribution in [0.5, 0.6) is 0 Å². The Kier molecular flexibility index (Phi) is 9.79. The largest absolute Gasteiger partial charge is 0.373 e. The summed E-state index contributed by atoms with van der Waals surface area (Å²) in [7, 11) is 0. The number of halogens is 4. The van der Waals surface area contributed by atoms with E-state index < -0.39 is 29.4 Å². The fourth-order valence-electron chi connectivity index (χ4n) is 5.25. The monoisotopic (exact) mass is 524 g/mol. The summed E-state index contributed by atoms with van der Waals surface area (Å²) in [6.07, 6.45) is 9.34. The van der Waals surface area contributed by atoms with Crippen molar-refractivity contribution in [3.05, 3.63) is 95.6 Å². The van der Waals surface area contributed by atoms with Gasteiger partial charge in [-0.25, -0.2) is 17.6 Å². The highest BCUT2D eigenvalue weighted by Crippen LogP contribution is 2.37. The summed E-state index contributed by atoms with van der Waals surface area (Å²) in [4.78, 5) is 0. The summed E-state index contributed by atoms with van der Waals surface area (Å²) in [6, 6.07) is 12.8. The van der Waals surface area contributed by atoms with Crippen LogP contribution in [-0.2, 0) is 11.2 Å². The van der Waals surface area contributed by atoms with Crippen LogP contribution >= 0.6 is 0 Å². The lowest BCUT2D eigenvalue weighted by Gasteiger charge is -2.29. The van der Waals surface area contributed by atoms with Crippen LogP contribution in [0, 0.1) is 29.2 Å². The molecule has 2 unspecified atom stereocenters. The van der Waals surface area contributed by atoms with E-state index >= 15 is 8.78 Å². The van der Waals surface area contributed by atoms with Gasteiger partial charge < -0.3 is 4.74 Å². The third-order valence-electron chi connectivity index (χ3n) is 7.58. The van der Waals surface area contributed by atoms with Crippen molar-refractivity contribution in [1.29, 1.82) is 0 Å². The zero-order valence-electron chi connectivity index (χ0n) is 22.0. The molecule has 5 heteroatoms. The molecule has 0 N–H and O–H groups in total. The molecule has 202 valence electrons. The van der Waals surface area contributed by atoms with Crippen LogP contribution in [0.4, 0.5) is 17.6 Å². The van der Waals surface area contributed by atoms with Crippen molar-refractivity contribution in [1.82, 2.24) is 0 Å². The van der Waals surface area contributed by atoms with Crippen molar-refractivity contribution in [2.75, 3.05) is 6.61 Å². The molecule has 3 aromatic rings. The summed E-state index contributed by atoms with van der Waals surface area (Å²) >= 11 is 0. The van der Waals surface area contributed by atoms with Crippen molar-refractivity contribution in [3.63, 3.8) is 0 Å². The molecular weight excluding hydrogens is 488 g/mol. The molecule has 0 aromatic heterocycles. The normalized spacial score (nSPS) is 17.5. The minimum absolute atomic E-state index is 0.117.